The minimum absolute atomic E-state index is 0.247. The first kappa shape index (κ1) is 7.79. The van der Waals surface area contributed by atoms with Crippen LogP contribution >= 0.6 is 0 Å². The average molecular weight is 153 g/mol. The molecule has 0 N–H and O–H groups in total. The fourth-order valence-corrected chi connectivity index (χ4v) is 0.804. The van der Waals surface area contributed by atoms with Gasteiger partial charge in [0.1, 0.15) is 12.1 Å². The topological polar surface area (TPSA) is 71.4 Å². The van der Waals surface area contributed by atoms with Crippen LogP contribution in [0.5, 0.6) is 0 Å². The van der Waals surface area contributed by atoms with E-state index in [-0.39, 0.29) is 5.56 Å². The van der Waals surface area contributed by atoms with Gasteiger partial charge in [0.25, 0.3) is 0 Å². The van der Waals surface area contributed by atoms with Crippen LogP contribution in [-0.4, -0.2) is 0 Å². The summed E-state index contributed by atoms with van der Waals surface area (Å²) in [7, 11) is 0. The molecule has 0 aliphatic rings. The van der Waals surface area contributed by atoms with Crippen LogP contribution in [-0.2, 0) is 0 Å². The summed E-state index contributed by atoms with van der Waals surface area (Å²) in [5.41, 5.74) is 0.943. The van der Waals surface area contributed by atoms with Crippen LogP contribution in [0, 0.1) is 34.0 Å². The molecule has 0 amide bonds. The van der Waals surface area contributed by atoms with Crippen molar-refractivity contribution < 1.29 is 0 Å². The van der Waals surface area contributed by atoms with Crippen molar-refractivity contribution in [2.45, 2.75) is 0 Å². The Labute approximate surface area is 69.7 Å². The zero-order valence-electron chi connectivity index (χ0n) is 6.07. The summed E-state index contributed by atoms with van der Waals surface area (Å²) in [6.07, 6.45) is 0. The molecule has 0 saturated heterocycles. The van der Waals surface area contributed by atoms with Crippen molar-refractivity contribution in [1.29, 1.82) is 15.8 Å². The van der Waals surface area contributed by atoms with E-state index >= 15 is 0 Å². The predicted molar refractivity (Wildman–Crippen MR) is 40.6 cm³/mol. The van der Waals surface area contributed by atoms with E-state index in [9.17, 15) is 0 Å². The number of benzene rings is 1. The van der Waals surface area contributed by atoms with Gasteiger partial charge in [0.2, 0.25) is 0 Å². The third kappa shape index (κ3) is 1.24. The van der Waals surface area contributed by atoms with E-state index in [1.807, 2.05) is 18.2 Å². The van der Waals surface area contributed by atoms with Crippen LogP contribution in [0.25, 0.3) is 0 Å². The van der Waals surface area contributed by atoms with Crippen molar-refractivity contribution in [1.82, 2.24) is 0 Å². The van der Waals surface area contributed by atoms with E-state index < -0.39 is 0 Å². The Balaban J connectivity index is 3.37. The van der Waals surface area contributed by atoms with E-state index in [0.717, 1.165) is 0 Å². The lowest BCUT2D eigenvalue weighted by atomic mass is 10.1. The Morgan fingerprint density at radius 3 is 2.00 bits per heavy atom. The summed E-state index contributed by atoms with van der Waals surface area (Å²) in [6, 6.07) is 9.99. The lowest BCUT2D eigenvalue weighted by molar-refractivity contribution is 1.41. The van der Waals surface area contributed by atoms with Crippen molar-refractivity contribution >= 4 is 0 Å². The molecule has 0 bridgehead atoms. The lowest BCUT2D eigenvalue weighted by Gasteiger charge is -1.92. The number of hydrogen-bond donors (Lipinski definition) is 0. The van der Waals surface area contributed by atoms with Gasteiger partial charge < -0.3 is 0 Å². The van der Waals surface area contributed by atoms with Gasteiger partial charge in [0.05, 0.1) is 22.8 Å². The highest BCUT2D eigenvalue weighted by atomic mass is 14.3. The molecule has 0 fully saturated rings. The van der Waals surface area contributed by atoms with Crippen molar-refractivity contribution in [3.63, 3.8) is 0 Å². The molecule has 0 aromatic heterocycles. The molecule has 0 saturated carbocycles. The van der Waals surface area contributed by atoms with E-state index in [4.69, 9.17) is 15.8 Å². The second-order valence-electron chi connectivity index (χ2n) is 2.10. The van der Waals surface area contributed by atoms with Crippen LogP contribution in [0.2, 0.25) is 0 Å². The Kier molecular flexibility index (Phi) is 2.07. The highest BCUT2D eigenvalue weighted by Crippen LogP contribution is 2.08. The van der Waals surface area contributed by atoms with Crippen LogP contribution in [0.1, 0.15) is 16.7 Å². The lowest BCUT2D eigenvalue weighted by Crippen LogP contribution is -1.84. The van der Waals surface area contributed by atoms with E-state index in [0.29, 0.717) is 11.1 Å². The minimum atomic E-state index is 0.247. The molecular formula is C9H3N3. The maximum Gasteiger partial charge on any atom is 0.101 e. The molecule has 0 spiro atoms. The molecule has 3 nitrogen and oxygen atoms in total. The standard InChI is InChI=1S/C9H3N3/c10-4-7-1-2-8(5-11)9(3-7)6-12/h1-3H. The summed E-state index contributed by atoms with van der Waals surface area (Å²) in [5, 5.41) is 25.6. The average Bonchev–Trinajstić information content (AvgIpc) is 2.16. The van der Waals surface area contributed by atoms with Gasteiger partial charge in [-0.15, -0.1) is 0 Å². The molecule has 0 radical (unpaired) electrons. The number of nitrogens with zero attached hydrogens (tertiary/aromatic N) is 3. The van der Waals surface area contributed by atoms with E-state index in [1.54, 1.807) is 0 Å². The minimum Gasteiger partial charge on any atom is -0.192 e. The molecule has 0 aliphatic heterocycles. The second-order valence-corrected chi connectivity index (χ2v) is 2.10. The molecule has 12 heavy (non-hydrogen) atoms. The van der Waals surface area contributed by atoms with Gasteiger partial charge in [0.15, 0.2) is 0 Å². The van der Waals surface area contributed by atoms with E-state index in [1.165, 1.54) is 18.2 Å². The predicted octanol–water partition coefficient (Wildman–Crippen LogP) is 1.30. The Morgan fingerprint density at radius 1 is 0.833 bits per heavy atom. The smallest absolute Gasteiger partial charge is 0.101 e. The monoisotopic (exact) mass is 153 g/mol. The van der Waals surface area contributed by atoms with Crippen LogP contribution in [0.4, 0.5) is 0 Å². The zero-order valence-corrected chi connectivity index (χ0v) is 6.07. The van der Waals surface area contributed by atoms with Gasteiger partial charge in [-0.3, -0.25) is 0 Å². The molecule has 0 aliphatic carbocycles. The Morgan fingerprint density at radius 2 is 1.50 bits per heavy atom. The number of rotatable bonds is 0. The first-order valence-corrected chi connectivity index (χ1v) is 3.16. The number of hydrogen-bond acceptors (Lipinski definition) is 3. The molecule has 54 valence electrons. The maximum atomic E-state index is 8.56. The fraction of sp³-hybridized carbons (Fsp3) is 0. The highest BCUT2D eigenvalue weighted by Gasteiger charge is 2.01. The quantitative estimate of drug-likeness (QED) is 0.563. The van der Waals surface area contributed by atoms with Gasteiger partial charge in [-0.25, -0.2) is 0 Å². The maximum absolute atomic E-state index is 8.56. The summed E-state index contributed by atoms with van der Waals surface area (Å²) in [5.74, 6) is 0. The number of nitriles is 3. The summed E-state index contributed by atoms with van der Waals surface area (Å²) >= 11 is 0. The third-order valence-corrected chi connectivity index (χ3v) is 1.39. The fourth-order valence-electron chi connectivity index (χ4n) is 0.804. The summed E-state index contributed by atoms with van der Waals surface area (Å²) in [6.45, 7) is 0. The molecule has 0 atom stereocenters. The summed E-state index contributed by atoms with van der Waals surface area (Å²) < 4.78 is 0. The molecule has 0 heterocycles. The SMILES string of the molecule is N#Cc1ccc(C#N)c(C#N)c1. The molecular weight excluding hydrogens is 150 g/mol. The first-order valence-electron chi connectivity index (χ1n) is 3.16. The first-order chi connectivity index (χ1) is 5.81. The van der Waals surface area contributed by atoms with Gasteiger partial charge >= 0.3 is 0 Å². The van der Waals surface area contributed by atoms with Gasteiger partial charge in [-0.05, 0) is 18.2 Å². The normalized spacial score (nSPS) is 7.75. The molecule has 1 aromatic carbocycles. The van der Waals surface area contributed by atoms with Crippen molar-refractivity contribution in [2.24, 2.45) is 0 Å². The van der Waals surface area contributed by atoms with Crippen molar-refractivity contribution in [3.8, 4) is 18.2 Å². The molecule has 0 unspecified atom stereocenters. The van der Waals surface area contributed by atoms with Crippen LogP contribution in [0.3, 0.4) is 0 Å². The highest BCUT2D eigenvalue weighted by molar-refractivity contribution is 5.49. The van der Waals surface area contributed by atoms with Gasteiger partial charge in [-0.1, -0.05) is 0 Å². The van der Waals surface area contributed by atoms with Crippen LogP contribution in [0.15, 0.2) is 18.2 Å². The third-order valence-electron chi connectivity index (χ3n) is 1.39. The zero-order chi connectivity index (χ0) is 8.97. The Hall–Kier alpha value is -2.31. The largest absolute Gasteiger partial charge is 0.192 e. The van der Waals surface area contributed by atoms with Crippen molar-refractivity contribution in [3.05, 3.63) is 34.9 Å². The van der Waals surface area contributed by atoms with Gasteiger partial charge in [0, 0.05) is 0 Å². The van der Waals surface area contributed by atoms with Gasteiger partial charge in [-0.2, -0.15) is 15.8 Å². The molecule has 1 aromatic rings. The summed E-state index contributed by atoms with van der Waals surface area (Å²) in [4.78, 5) is 0. The second kappa shape index (κ2) is 3.19. The van der Waals surface area contributed by atoms with Crippen LogP contribution < -0.4 is 0 Å². The van der Waals surface area contributed by atoms with Crippen molar-refractivity contribution in [2.75, 3.05) is 0 Å². The van der Waals surface area contributed by atoms with E-state index in [2.05, 4.69) is 0 Å². The molecule has 3 heteroatoms. The Bertz CT molecular complexity index is 427. The molecule has 1 rings (SSSR count).